The van der Waals surface area contributed by atoms with Gasteiger partial charge in [-0.05, 0) is 19.1 Å². The third-order valence-corrected chi connectivity index (χ3v) is 3.03. The summed E-state index contributed by atoms with van der Waals surface area (Å²) in [6, 6.07) is 3.09. The summed E-state index contributed by atoms with van der Waals surface area (Å²) in [6.07, 6.45) is 0. The second-order valence-electron chi connectivity index (χ2n) is 4.08. The summed E-state index contributed by atoms with van der Waals surface area (Å²) < 4.78 is 15.5. The SMILES string of the molecule is C=C(C)C(=O)OCCOCCOc1c(Cl)cc(Cl)cc1Cl. The minimum atomic E-state index is -0.436. The average Bonchev–Trinajstić information content (AvgIpc) is 2.39. The zero-order valence-corrected chi connectivity index (χ0v) is 13.7. The zero-order valence-electron chi connectivity index (χ0n) is 11.5. The standard InChI is InChI=1S/C14H15Cl3O4/c1-9(2)14(18)21-6-4-19-3-5-20-13-11(16)7-10(15)8-12(13)17/h7-8H,1,3-6H2,2H3. The van der Waals surface area contributed by atoms with Gasteiger partial charge in [0.25, 0.3) is 0 Å². The lowest BCUT2D eigenvalue weighted by Crippen LogP contribution is -2.14. The summed E-state index contributed by atoms with van der Waals surface area (Å²) >= 11 is 17.7. The molecule has 0 saturated carbocycles. The molecule has 0 aromatic heterocycles. The van der Waals surface area contributed by atoms with Gasteiger partial charge in [0.05, 0.1) is 23.3 Å². The molecule has 0 saturated heterocycles. The fraction of sp³-hybridized carbons (Fsp3) is 0.357. The molecule has 0 aliphatic carbocycles. The number of carbonyl (C=O) groups excluding carboxylic acids is 1. The molecule has 0 unspecified atom stereocenters. The molecule has 0 radical (unpaired) electrons. The van der Waals surface area contributed by atoms with Crippen LogP contribution in [0.2, 0.25) is 15.1 Å². The van der Waals surface area contributed by atoms with Crippen LogP contribution in [0.15, 0.2) is 24.3 Å². The van der Waals surface area contributed by atoms with Gasteiger partial charge in [-0.25, -0.2) is 4.79 Å². The van der Waals surface area contributed by atoms with Crippen molar-refractivity contribution >= 4 is 40.8 Å². The first-order valence-corrected chi connectivity index (χ1v) is 7.23. The number of ether oxygens (including phenoxy) is 3. The summed E-state index contributed by atoms with van der Waals surface area (Å²) in [4.78, 5) is 11.1. The first-order valence-electron chi connectivity index (χ1n) is 6.09. The predicted molar refractivity (Wildman–Crippen MR) is 83.6 cm³/mol. The minimum Gasteiger partial charge on any atom is -0.488 e. The number of benzene rings is 1. The summed E-state index contributed by atoms with van der Waals surface area (Å²) in [5.74, 6) is -0.0744. The summed E-state index contributed by atoms with van der Waals surface area (Å²) in [5, 5.41) is 1.11. The first kappa shape index (κ1) is 18.1. The maximum Gasteiger partial charge on any atom is 0.333 e. The van der Waals surface area contributed by atoms with Crippen molar-refractivity contribution in [1.82, 2.24) is 0 Å². The van der Waals surface area contributed by atoms with Crippen molar-refractivity contribution in [3.8, 4) is 5.75 Å². The highest BCUT2D eigenvalue weighted by molar-refractivity contribution is 6.40. The third kappa shape index (κ3) is 6.57. The van der Waals surface area contributed by atoms with E-state index in [0.29, 0.717) is 33.0 Å². The minimum absolute atomic E-state index is 0.161. The number of rotatable bonds is 8. The van der Waals surface area contributed by atoms with E-state index in [0.717, 1.165) is 0 Å². The van der Waals surface area contributed by atoms with Crippen molar-refractivity contribution in [3.63, 3.8) is 0 Å². The fourth-order valence-electron chi connectivity index (χ4n) is 1.29. The van der Waals surface area contributed by atoms with Crippen LogP contribution in [0.5, 0.6) is 5.75 Å². The summed E-state index contributed by atoms with van der Waals surface area (Å²) in [6.45, 7) is 6.04. The van der Waals surface area contributed by atoms with Crippen LogP contribution in [-0.4, -0.2) is 32.4 Å². The van der Waals surface area contributed by atoms with E-state index in [9.17, 15) is 4.79 Å². The van der Waals surface area contributed by atoms with Gasteiger partial charge < -0.3 is 14.2 Å². The average molecular weight is 354 g/mol. The molecule has 1 rings (SSSR count). The second kappa shape index (κ2) is 9.15. The van der Waals surface area contributed by atoms with E-state index in [4.69, 9.17) is 49.0 Å². The molecule has 0 bridgehead atoms. The fourth-order valence-corrected chi connectivity index (χ4v) is 2.21. The molecule has 7 heteroatoms. The van der Waals surface area contributed by atoms with Crippen LogP contribution in [0.1, 0.15) is 6.92 Å². The second-order valence-corrected chi connectivity index (χ2v) is 5.33. The van der Waals surface area contributed by atoms with E-state index in [-0.39, 0.29) is 19.8 Å². The molecular weight excluding hydrogens is 339 g/mol. The van der Waals surface area contributed by atoms with E-state index in [1.54, 1.807) is 19.1 Å². The van der Waals surface area contributed by atoms with Crippen LogP contribution in [-0.2, 0) is 14.3 Å². The molecule has 0 spiro atoms. The maximum absolute atomic E-state index is 11.1. The molecule has 116 valence electrons. The van der Waals surface area contributed by atoms with E-state index >= 15 is 0 Å². The van der Waals surface area contributed by atoms with Crippen LogP contribution in [0.3, 0.4) is 0 Å². The Balaban J connectivity index is 2.21. The lowest BCUT2D eigenvalue weighted by molar-refractivity contribution is -0.140. The highest BCUT2D eigenvalue weighted by Gasteiger charge is 2.09. The van der Waals surface area contributed by atoms with Gasteiger partial charge in [-0.2, -0.15) is 0 Å². The van der Waals surface area contributed by atoms with Crippen LogP contribution < -0.4 is 4.74 Å². The van der Waals surface area contributed by atoms with Gasteiger partial charge in [0.15, 0.2) is 5.75 Å². The van der Waals surface area contributed by atoms with Gasteiger partial charge in [0.1, 0.15) is 13.2 Å². The van der Waals surface area contributed by atoms with Crippen molar-refractivity contribution in [2.24, 2.45) is 0 Å². The van der Waals surface area contributed by atoms with Crippen molar-refractivity contribution in [3.05, 3.63) is 39.4 Å². The van der Waals surface area contributed by atoms with Crippen molar-refractivity contribution in [2.75, 3.05) is 26.4 Å². The molecule has 0 aliphatic heterocycles. The van der Waals surface area contributed by atoms with Crippen molar-refractivity contribution < 1.29 is 19.0 Å². The van der Waals surface area contributed by atoms with E-state index in [1.165, 1.54) is 0 Å². The summed E-state index contributed by atoms with van der Waals surface area (Å²) in [7, 11) is 0. The van der Waals surface area contributed by atoms with Gasteiger partial charge in [-0.3, -0.25) is 0 Å². The lowest BCUT2D eigenvalue weighted by atomic mass is 10.3. The molecule has 1 aromatic rings. The van der Waals surface area contributed by atoms with Gasteiger partial charge in [0, 0.05) is 10.6 Å². The predicted octanol–water partition coefficient (Wildman–Crippen LogP) is 4.16. The number of carbonyl (C=O) groups is 1. The Bertz CT molecular complexity index is 494. The van der Waals surface area contributed by atoms with Crippen LogP contribution in [0.25, 0.3) is 0 Å². The van der Waals surface area contributed by atoms with Crippen molar-refractivity contribution in [1.29, 1.82) is 0 Å². The molecule has 1 aromatic carbocycles. The third-order valence-electron chi connectivity index (χ3n) is 2.25. The van der Waals surface area contributed by atoms with E-state index < -0.39 is 5.97 Å². The number of hydrogen-bond donors (Lipinski definition) is 0. The molecule has 0 N–H and O–H groups in total. The van der Waals surface area contributed by atoms with Gasteiger partial charge >= 0.3 is 5.97 Å². The molecule has 0 atom stereocenters. The molecule has 0 amide bonds. The van der Waals surface area contributed by atoms with Crippen LogP contribution in [0, 0.1) is 0 Å². The normalized spacial score (nSPS) is 10.3. The molecule has 0 heterocycles. The van der Waals surface area contributed by atoms with Gasteiger partial charge in [-0.1, -0.05) is 41.4 Å². The number of esters is 1. The maximum atomic E-state index is 11.1. The Morgan fingerprint density at radius 3 is 2.24 bits per heavy atom. The Morgan fingerprint density at radius 2 is 1.67 bits per heavy atom. The molecule has 21 heavy (non-hydrogen) atoms. The molecule has 4 nitrogen and oxygen atoms in total. The highest BCUT2D eigenvalue weighted by Crippen LogP contribution is 2.35. The molecule has 0 fully saturated rings. The number of halogens is 3. The Labute approximate surface area is 138 Å². The Morgan fingerprint density at radius 1 is 1.10 bits per heavy atom. The molecule has 0 aliphatic rings. The van der Waals surface area contributed by atoms with Crippen LogP contribution >= 0.6 is 34.8 Å². The molecular formula is C14H15Cl3O4. The Kier molecular flexibility index (Phi) is 7.89. The monoisotopic (exact) mass is 352 g/mol. The smallest absolute Gasteiger partial charge is 0.333 e. The first-order chi connectivity index (χ1) is 9.91. The summed E-state index contributed by atoms with van der Waals surface area (Å²) in [5.41, 5.74) is 0.352. The van der Waals surface area contributed by atoms with Crippen molar-refractivity contribution in [2.45, 2.75) is 6.92 Å². The topological polar surface area (TPSA) is 44.8 Å². The highest BCUT2D eigenvalue weighted by atomic mass is 35.5. The number of hydrogen-bond acceptors (Lipinski definition) is 4. The zero-order chi connectivity index (χ0) is 15.8. The Hall–Kier alpha value is -0.940. The van der Waals surface area contributed by atoms with E-state index in [2.05, 4.69) is 6.58 Å². The van der Waals surface area contributed by atoms with Gasteiger partial charge in [-0.15, -0.1) is 0 Å². The quantitative estimate of drug-likeness (QED) is 0.400. The van der Waals surface area contributed by atoms with E-state index in [1.807, 2.05) is 0 Å². The largest absolute Gasteiger partial charge is 0.488 e. The van der Waals surface area contributed by atoms with Gasteiger partial charge in [0.2, 0.25) is 0 Å². The lowest BCUT2D eigenvalue weighted by Gasteiger charge is -2.10. The van der Waals surface area contributed by atoms with Crippen LogP contribution in [0.4, 0.5) is 0 Å².